The first-order valence-electron chi connectivity index (χ1n) is 10.2. The summed E-state index contributed by atoms with van der Waals surface area (Å²) in [4.78, 5) is 0. The van der Waals surface area contributed by atoms with Gasteiger partial charge in [-0.2, -0.15) is 5.10 Å². The summed E-state index contributed by atoms with van der Waals surface area (Å²) in [5.41, 5.74) is 4.30. The summed E-state index contributed by atoms with van der Waals surface area (Å²) in [6, 6.07) is 12.7. The molecule has 158 valence electrons. The van der Waals surface area contributed by atoms with Crippen molar-refractivity contribution < 1.29 is 13.9 Å². The number of nitrogens with one attached hydrogen (secondary N) is 1. The van der Waals surface area contributed by atoms with Crippen molar-refractivity contribution in [2.24, 2.45) is 5.41 Å². The van der Waals surface area contributed by atoms with Crippen LogP contribution in [0.25, 0.3) is 5.69 Å². The molecule has 1 heterocycles. The van der Waals surface area contributed by atoms with Gasteiger partial charge >= 0.3 is 0 Å². The fourth-order valence-electron chi connectivity index (χ4n) is 4.29. The Bertz CT molecular complexity index is 1040. The smallest absolute Gasteiger partial charge is 0.161 e. The maximum absolute atomic E-state index is 13.8. The first kappa shape index (κ1) is 20.4. The Balaban J connectivity index is 1.60. The molecule has 1 aliphatic rings. The quantitative estimate of drug-likeness (QED) is 0.633. The van der Waals surface area contributed by atoms with E-state index in [4.69, 9.17) is 9.47 Å². The molecule has 5 nitrogen and oxygen atoms in total. The molecule has 0 saturated carbocycles. The number of methoxy groups -OCH3 is 2. The highest BCUT2D eigenvalue weighted by Crippen LogP contribution is 2.41. The Kier molecular flexibility index (Phi) is 5.52. The number of benzene rings is 2. The van der Waals surface area contributed by atoms with Crippen LogP contribution < -0.4 is 14.8 Å². The molecule has 0 radical (unpaired) electrons. The summed E-state index contributed by atoms with van der Waals surface area (Å²) in [5, 5.41) is 8.29. The summed E-state index contributed by atoms with van der Waals surface area (Å²) in [7, 11) is 3.28. The Labute approximate surface area is 176 Å². The molecule has 0 aliphatic heterocycles. The molecule has 0 amide bonds. The lowest BCUT2D eigenvalue weighted by atomic mass is 9.74. The predicted octanol–water partition coefficient (Wildman–Crippen LogP) is 4.83. The fourth-order valence-corrected chi connectivity index (χ4v) is 4.29. The van der Waals surface area contributed by atoms with Gasteiger partial charge in [0.1, 0.15) is 5.82 Å². The number of hydrogen-bond donors (Lipinski definition) is 1. The SMILES string of the molecule is COc1ccc(CNC2CC(C)(C)Cc3c2cnn3-c2cccc(F)c2)cc1OC. The van der Waals surface area contributed by atoms with Gasteiger partial charge in [-0.1, -0.05) is 26.0 Å². The van der Waals surface area contributed by atoms with Gasteiger partial charge in [0.2, 0.25) is 0 Å². The Morgan fingerprint density at radius 2 is 1.93 bits per heavy atom. The van der Waals surface area contributed by atoms with Crippen LogP contribution in [0.1, 0.15) is 43.1 Å². The molecule has 2 aromatic carbocycles. The Morgan fingerprint density at radius 3 is 2.67 bits per heavy atom. The number of ether oxygens (including phenoxy) is 2. The second-order valence-corrected chi connectivity index (χ2v) is 8.61. The normalized spacial score (nSPS) is 17.4. The highest BCUT2D eigenvalue weighted by Gasteiger charge is 2.35. The van der Waals surface area contributed by atoms with Crippen LogP contribution in [-0.2, 0) is 13.0 Å². The summed E-state index contributed by atoms with van der Waals surface area (Å²) in [6.07, 6.45) is 3.82. The second kappa shape index (κ2) is 8.11. The van der Waals surface area contributed by atoms with Crippen LogP contribution in [-0.4, -0.2) is 24.0 Å². The molecule has 3 aromatic rings. The van der Waals surface area contributed by atoms with Crippen LogP contribution in [0.4, 0.5) is 4.39 Å². The van der Waals surface area contributed by atoms with Crippen molar-refractivity contribution in [1.82, 2.24) is 15.1 Å². The summed E-state index contributed by atoms with van der Waals surface area (Å²) >= 11 is 0. The summed E-state index contributed by atoms with van der Waals surface area (Å²) in [6.45, 7) is 5.24. The number of rotatable bonds is 6. The molecule has 30 heavy (non-hydrogen) atoms. The topological polar surface area (TPSA) is 48.3 Å². The van der Waals surface area contributed by atoms with Gasteiger partial charge in [0.15, 0.2) is 11.5 Å². The van der Waals surface area contributed by atoms with Gasteiger partial charge in [0.25, 0.3) is 0 Å². The van der Waals surface area contributed by atoms with Gasteiger partial charge in [0.05, 0.1) is 26.1 Å². The highest BCUT2D eigenvalue weighted by atomic mass is 19.1. The van der Waals surface area contributed by atoms with Crippen LogP contribution in [0.15, 0.2) is 48.7 Å². The number of aromatic nitrogens is 2. The molecule has 0 saturated heterocycles. The third-order valence-corrected chi connectivity index (χ3v) is 5.73. The lowest BCUT2D eigenvalue weighted by Crippen LogP contribution is -2.33. The maximum Gasteiger partial charge on any atom is 0.161 e. The Hall–Kier alpha value is -2.86. The first-order valence-corrected chi connectivity index (χ1v) is 10.2. The largest absolute Gasteiger partial charge is 0.493 e. The van der Waals surface area contributed by atoms with Gasteiger partial charge in [-0.3, -0.25) is 0 Å². The minimum atomic E-state index is -0.255. The van der Waals surface area contributed by atoms with E-state index >= 15 is 0 Å². The van der Waals surface area contributed by atoms with Gasteiger partial charge in [0, 0.05) is 23.8 Å². The molecule has 1 atom stereocenters. The lowest BCUT2D eigenvalue weighted by molar-refractivity contribution is 0.252. The molecule has 4 rings (SSSR count). The van der Waals surface area contributed by atoms with Gasteiger partial charge < -0.3 is 14.8 Å². The summed E-state index contributed by atoms with van der Waals surface area (Å²) in [5.74, 6) is 1.19. The molecule has 0 fully saturated rings. The summed E-state index contributed by atoms with van der Waals surface area (Å²) < 4.78 is 26.4. The van der Waals surface area contributed by atoms with Crippen molar-refractivity contribution in [3.63, 3.8) is 0 Å². The van der Waals surface area contributed by atoms with E-state index in [0.29, 0.717) is 6.54 Å². The van der Waals surface area contributed by atoms with E-state index in [1.165, 1.54) is 17.7 Å². The molecular weight excluding hydrogens is 381 g/mol. The van der Waals surface area contributed by atoms with Crippen LogP contribution >= 0.6 is 0 Å². The zero-order chi connectivity index (χ0) is 21.3. The van der Waals surface area contributed by atoms with E-state index in [1.54, 1.807) is 20.3 Å². The minimum Gasteiger partial charge on any atom is -0.493 e. The first-order chi connectivity index (χ1) is 14.4. The number of halogens is 1. The van der Waals surface area contributed by atoms with Crippen molar-refractivity contribution in [1.29, 1.82) is 0 Å². The molecule has 0 spiro atoms. The van der Waals surface area contributed by atoms with E-state index in [-0.39, 0.29) is 17.3 Å². The zero-order valence-corrected chi connectivity index (χ0v) is 17.9. The Morgan fingerprint density at radius 1 is 1.13 bits per heavy atom. The number of nitrogens with zero attached hydrogens (tertiary/aromatic N) is 2. The van der Waals surface area contributed by atoms with Crippen molar-refractivity contribution >= 4 is 0 Å². The van der Waals surface area contributed by atoms with Crippen molar-refractivity contribution in [3.05, 3.63) is 71.3 Å². The van der Waals surface area contributed by atoms with E-state index < -0.39 is 0 Å². The van der Waals surface area contributed by atoms with Crippen molar-refractivity contribution in [2.75, 3.05) is 14.2 Å². The zero-order valence-electron chi connectivity index (χ0n) is 17.9. The predicted molar refractivity (Wildman–Crippen MR) is 115 cm³/mol. The van der Waals surface area contributed by atoms with Crippen LogP contribution in [0.2, 0.25) is 0 Å². The van der Waals surface area contributed by atoms with Crippen LogP contribution in [0, 0.1) is 11.2 Å². The molecule has 0 bridgehead atoms. The van der Waals surface area contributed by atoms with Gasteiger partial charge in [-0.25, -0.2) is 9.07 Å². The number of hydrogen-bond acceptors (Lipinski definition) is 4. The number of fused-ring (bicyclic) bond motifs is 1. The third-order valence-electron chi connectivity index (χ3n) is 5.73. The monoisotopic (exact) mass is 409 g/mol. The van der Waals surface area contributed by atoms with E-state index in [0.717, 1.165) is 41.3 Å². The molecule has 6 heteroatoms. The van der Waals surface area contributed by atoms with Gasteiger partial charge in [-0.05, 0) is 54.2 Å². The molecule has 1 aliphatic carbocycles. The van der Waals surface area contributed by atoms with Gasteiger partial charge in [-0.15, -0.1) is 0 Å². The maximum atomic E-state index is 13.8. The van der Waals surface area contributed by atoms with Crippen LogP contribution in [0.3, 0.4) is 0 Å². The van der Waals surface area contributed by atoms with Crippen molar-refractivity contribution in [3.8, 4) is 17.2 Å². The van der Waals surface area contributed by atoms with E-state index in [1.807, 2.05) is 35.1 Å². The van der Waals surface area contributed by atoms with Crippen LogP contribution in [0.5, 0.6) is 11.5 Å². The fraction of sp³-hybridized carbons (Fsp3) is 0.375. The average molecular weight is 410 g/mol. The van der Waals surface area contributed by atoms with E-state index in [2.05, 4.69) is 24.3 Å². The lowest BCUT2D eigenvalue weighted by Gasteiger charge is -2.36. The third kappa shape index (κ3) is 4.05. The average Bonchev–Trinajstić information content (AvgIpc) is 3.14. The highest BCUT2D eigenvalue weighted by molar-refractivity contribution is 5.43. The second-order valence-electron chi connectivity index (χ2n) is 8.61. The van der Waals surface area contributed by atoms with E-state index in [9.17, 15) is 4.39 Å². The molecular formula is C24H28FN3O2. The molecule has 1 unspecified atom stereocenters. The molecule has 1 aromatic heterocycles. The molecule has 1 N–H and O–H groups in total. The minimum absolute atomic E-state index is 0.105. The standard InChI is InChI=1S/C24H28FN3O2/c1-24(2)12-20(26-14-16-8-9-22(29-3)23(10-16)30-4)19-15-27-28(21(19)13-24)18-7-5-6-17(25)11-18/h5-11,15,20,26H,12-14H2,1-4H3. The van der Waals surface area contributed by atoms with Crippen molar-refractivity contribution in [2.45, 2.75) is 39.3 Å².